The molecule has 0 radical (unpaired) electrons. The van der Waals surface area contributed by atoms with Crippen LogP contribution in [0, 0.1) is 0 Å². The Hall–Kier alpha value is -3.64. The number of rotatable bonds is 7. The Labute approximate surface area is 180 Å². The number of aromatic nitrogens is 3. The van der Waals surface area contributed by atoms with Crippen LogP contribution in [0.5, 0.6) is 0 Å². The average molecular weight is 412 g/mol. The van der Waals surface area contributed by atoms with E-state index in [1.54, 1.807) is 6.26 Å². The Morgan fingerprint density at radius 3 is 2.61 bits per heavy atom. The highest BCUT2D eigenvalue weighted by molar-refractivity contribution is 5.82. The normalized spacial score (nSPS) is 12.6. The molecule has 0 aliphatic heterocycles. The molecule has 3 aromatic heterocycles. The molecule has 3 heterocycles. The van der Waals surface area contributed by atoms with Crippen LogP contribution in [0.4, 0.5) is 0 Å². The average Bonchev–Trinajstić information content (AvgIpc) is 3.53. The summed E-state index contributed by atoms with van der Waals surface area (Å²) in [5, 5.41) is 10.1. The van der Waals surface area contributed by atoms with Gasteiger partial charge in [0.25, 0.3) is 0 Å². The van der Waals surface area contributed by atoms with Gasteiger partial charge in [0, 0.05) is 29.8 Å². The third kappa shape index (κ3) is 4.02. The maximum absolute atomic E-state index is 6.15. The summed E-state index contributed by atoms with van der Waals surface area (Å²) in [5.41, 5.74) is 4.95. The van der Waals surface area contributed by atoms with E-state index in [1.165, 1.54) is 5.56 Å². The van der Waals surface area contributed by atoms with Crippen LogP contribution < -0.4 is 0 Å². The van der Waals surface area contributed by atoms with E-state index in [9.17, 15) is 0 Å². The van der Waals surface area contributed by atoms with E-state index in [0.717, 1.165) is 33.7 Å². The Kier molecular flexibility index (Phi) is 5.14. The zero-order chi connectivity index (χ0) is 21.2. The first-order valence-corrected chi connectivity index (χ1v) is 10.4. The van der Waals surface area contributed by atoms with E-state index in [-0.39, 0.29) is 6.04 Å². The second-order valence-corrected chi connectivity index (χ2v) is 7.85. The monoisotopic (exact) mass is 412 g/mol. The quantitative estimate of drug-likeness (QED) is 0.352. The molecule has 0 amide bonds. The summed E-state index contributed by atoms with van der Waals surface area (Å²) in [6.07, 6.45) is 3.72. The van der Waals surface area contributed by atoms with Crippen LogP contribution in [0.1, 0.15) is 29.8 Å². The second kappa shape index (κ2) is 8.24. The lowest BCUT2D eigenvalue weighted by Crippen LogP contribution is -2.22. The lowest BCUT2D eigenvalue weighted by atomic mass is 10.1. The summed E-state index contributed by atoms with van der Waals surface area (Å²) in [6.45, 7) is 3.53. The molecule has 6 heteroatoms. The van der Waals surface area contributed by atoms with Crippen molar-refractivity contribution in [3.63, 3.8) is 0 Å². The molecule has 0 spiro atoms. The van der Waals surface area contributed by atoms with Gasteiger partial charge in [0.15, 0.2) is 5.76 Å². The molecule has 0 aliphatic carbocycles. The van der Waals surface area contributed by atoms with Gasteiger partial charge >= 0.3 is 0 Å². The molecule has 0 N–H and O–H groups in total. The van der Waals surface area contributed by atoms with Crippen LogP contribution in [0.2, 0.25) is 0 Å². The zero-order valence-corrected chi connectivity index (χ0v) is 17.6. The van der Waals surface area contributed by atoms with Gasteiger partial charge in [-0.3, -0.25) is 9.58 Å². The summed E-state index contributed by atoms with van der Waals surface area (Å²) in [5.74, 6) is 0.783. The summed E-state index contributed by atoms with van der Waals surface area (Å²) in [6, 6.07) is 22.5. The van der Waals surface area contributed by atoms with Gasteiger partial charge in [-0.25, -0.2) is 0 Å². The first kappa shape index (κ1) is 19.3. The van der Waals surface area contributed by atoms with Crippen LogP contribution in [0.3, 0.4) is 0 Å². The van der Waals surface area contributed by atoms with Gasteiger partial charge in [0.2, 0.25) is 0 Å². The van der Waals surface area contributed by atoms with Crippen LogP contribution in [-0.4, -0.2) is 26.9 Å². The lowest BCUT2D eigenvalue weighted by Gasteiger charge is -2.22. The fraction of sp³-hybridized carbons (Fsp3) is 0.200. The maximum atomic E-state index is 6.15. The summed E-state index contributed by atoms with van der Waals surface area (Å²) in [7, 11) is 2.08. The van der Waals surface area contributed by atoms with Gasteiger partial charge in [0.05, 0.1) is 12.6 Å². The van der Waals surface area contributed by atoms with Gasteiger partial charge in [-0.05, 0) is 31.7 Å². The Morgan fingerprint density at radius 1 is 1.03 bits per heavy atom. The third-order valence-corrected chi connectivity index (χ3v) is 5.65. The van der Waals surface area contributed by atoms with Crippen molar-refractivity contribution in [3.05, 3.63) is 96.0 Å². The highest BCUT2D eigenvalue weighted by atomic mass is 16.5. The number of benzene rings is 2. The standard InChI is InChI=1S/C25H24N4O2/c1-18(22-12-13-30-27-22)28(2)16-21-17-29(15-19-8-4-3-5-9-19)26-25(21)24-14-20-10-6-7-11-23(20)31-24/h3-14,17-18H,15-16H2,1-2H3/t18-/m1/s1. The molecule has 6 nitrogen and oxygen atoms in total. The second-order valence-electron chi connectivity index (χ2n) is 7.85. The van der Waals surface area contributed by atoms with Gasteiger partial charge < -0.3 is 8.94 Å². The number of para-hydroxylation sites is 1. The minimum Gasteiger partial charge on any atom is -0.454 e. The van der Waals surface area contributed by atoms with Gasteiger partial charge in [-0.15, -0.1) is 0 Å². The van der Waals surface area contributed by atoms with Crippen molar-refractivity contribution in [2.75, 3.05) is 7.05 Å². The minimum absolute atomic E-state index is 0.111. The highest BCUT2D eigenvalue weighted by Gasteiger charge is 2.20. The summed E-state index contributed by atoms with van der Waals surface area (Å²) >= 11 is 0. The van der Waals surface area contributed by atoms with Crippen molar-refractivity contribution in [2.45, 2.75) is 26.1 Å². The summed E-state index contributed by atoms with van der Waals surface area (Å²) in [4.78, 5) is 2.23. The fourth-order valence-corrected chi connectivity index (χ4v) is 3.80. The molecule has 0 bridgehead atoms. The van der Waals surface area contributed by atoms with Crippen molar-refractivity contribution >= 4 is 11.0 Å². The molecule has 2 aromatic carbocycles. The van der Waals surface area contributed by atoms with Crippen molar-refractivity contribution in [1.82, 2.24) is 19.8 Å². The Balaban J connectivity index is 1.50. The fourth-order valence-electron chi connectivity index (χ4n) is 3.80. The van der Waals surface area contributed by atoms with Crippen LogP contribution in [-0.2, 0) is 13.1 Å². The third-order valence-electron chi connectivity index (χ3n) is 5.65. The van der Waals surface area contributed by atoms with Crippen LogP contribution >= 0.6 is 0 Å². The Bertz CT molecular complexity index is 1240. The first-order chi connectivity index (χ1) is 15.2. The van der Waals surface area contributed by atoms with E-state index in [2.05, 4.69) is 54.5 Å². The molecule has 5 aromatic rings. The smallest absolute Gasteiger partial charge is 0.156 e. The van der Waals surface area contributed by atoms with Crippen LogP contribution in [0.15, 0.2) is 88.1 Å². The SMILES string of the molecule is C[C@H](c1ccon1)N(C)Cc1cn(Cc2ccccc2)nc1-c1cc2ccccc2o1. The molecule has 0 saturated carbocycles. The van der Waals surface area contributed by atoms with Crippen LogP contribution in [0.25, 0.3) is 22.4 Å². The number of hydrogen-bond donors (Lipinski definition) is 0. The van der Waals surface area contributed by atoms with Crippen molar-refractivity contribution in [1.29, 1.82) is 0 Å². The first-order valence-electron chi connectivity index (χ1n) is 10.4. The van der Waals surface area contributed by atoms with Gasteiger partial charge in [-0.2, -0.15) is 5.10 Å². The number of furan rings is 1. The molecule has 0 aliphatic rings. The van der Waals surface area contributed by atoms with E-state index >= 15 is 0 Å². The molecule has 0 unspecified atom stereocenters. The lowest BCUT2D eigenvalue weighted by molar-refractivity contribution is 0.241. The number of hydrogen-bond acceptors (Lipinski definition) is 5. The number of fused-ring (bicyclic) bond motifs is 1. The zero-order valence-electron chi connectivity index (χ0n) is 17.6. The maximum Gasteiger partial charge on any atom is 0.156 e. The number of nitrogens with zero attached hydrogens (tertiary/aromatic N) is 4. The van der Waals surface area contributed by atoms with E-state index in [4.69, 9.17) is 14.0 Å². The predicted molar refractivity (Wildman–Crippen MR) is 119 cm³/mol. The van der Waals surface area contributed by atoms with E-state index < -0.39 is 0 Å². The molecular formula is C25H24N4O2. The van der Waals surface area contributed by atoms with Gasteiger partial charge in [0.1, 0.15) is 23.2 Å². The summed E-state index contributed by atoms with van der Waals surface area (Å²) < 4.78 is 13.2. The molecule has 0 fully saturated rings. The molecule has 5 rings (SSSR count). The Morgan fingerprint density at radius 2 is 1.84 bits per heavy atom. The van der Waals surface area contributed by atoms with E-state index in [1.807, 2.05) is 47.1 Å². The predicted octanol–water partition coefficient (Wildman–Crippen LogP) is 5.53. The topological polar surface area (TPSA) is 60.2 Å². The van der Waals surface area contributed by atoms with Crippen molar-refractivity contribution in [2.24, 2.45) is 0 Å². The molecule has 156 valence electrons. The molecular weight excluding hydrogens is 388 g/mol. The van der Waals surface area contributed by atoms with E-state index in [0.29, 0.717) is 13.1 Å². The van der Waals surface area contributed by atoms with Crippen molar-refractivity contribution in [3.8, 4) is 11.5 Å². The molecule has 1 atom stereocenters. The highest BCUT2D eigenvalue weighted by Crippen LogP contribution is 2.31. The molecule has 0 saturated heterocycles. The van der Waals surface area contributed by atoms with Crippen molar-refractivity contribution < 1.29 is 8.94 Å². The largest absolute Gasteiger partial charge is 0.454 e. The minimum atomic E-state index is 0.111. The molecule has 31 heavy (non-hydrogen) atoms. The van der Waals surface area contributed by atoms with Gasteiger partial charge in [-0.1, -0.05) is 53.7 Å².